The third-order valence-corrected chi connectivity index (χ3v) is 2.63. The molecule has 0 aromatic rings. The highest BCUT2D eigenvalue weighted by atomic mass is 16.5. The van der Waals surface area contributed by atoms with Crippen LogP contribution in [-0.2, 0) is 9.53 Å². The van der Waals surface area contributed by atoms with Crippen LogP contribution in [0, 0.1) is 11.3 Å². The summed E-state index contributed by atoms with van der Waals surface area (Å²) in [5, 5.41) is 11.6. The Labute approximate surface area is 102 Å². The van der Waals surface area contributed by atoms with Crippen molar-refractivity contribution < 1.29 is 9.53 Å². The summed E-state index contributed by atoms with van der Waals surface area (Å²) in [4.78, 5) is 13.7. The molecule has 0 aliphatic carbocycles. The van der Waals surface area contributed by atoms with Crippen molar-refractivity contribution in [2.45, 2.75) is 19.3 Å². The van der Waals surface area contributed by atoms with Crippen molar-refractivity contribution >= 4 is 5.91 Å². The van der Waals surface area contributed by atoms with Crippen molar-refractivity contribution in [2.24, 2.45) is 0 Å². The summed E-state index contributed by atoms with van der Waals surface area (Å²) in [7, 11) is 1.62. The number of carbonyl (C=O) groups excluding carboxylic acids is 1. The van der Waals surface area contributed by atoms with Gasteiger partial charge in [-0.15, -0.1) is 0 Å². The largest absolute Gasteiger partial charge is 0.385 e. The smallest absolute Gasteiger partial charge is 0.263 e. The lowest BCUT2D eigenvalue weighted by Gasteiger charge is -2.11. The van der Waals surface area contributed by atoms with Crippen LogP contribution in [0.2, 0.25) is 0 Å². The summed E-state index contributed by atoms with van der Waals surface area (Å²) in [5.74, 6) is -0.296. The number of methoxy groups -OCH3 is 1. The number of likely N-dealkylation sites (tertiary alicyclic amines) is 1. The van der Waals surface area contributed by atoms with Crippen molar-refractivity contribution in [3.05, 3.63) is 11.8 Å². The summed E-state index contributed by atoms with van der Waals surface area (Å²) >= 11 is 0. The summed E-state index contributed by atoms with van der Waals surface area (Å²) in [6.45, 7) is 3.01. The van der Waals surface area contributed by atoms with Gasteiger partial charge in [-0.3, -0.25) is 4.79 Å². The molecule has 1 saturated heterocycles. The number of rotatable bonds is 6. The molecule has 0 bridgehead atoms. The second-order valence-corrected chi connectivity index (χ2v) is 4.00. The minimum Gasteiger partial charge on any atom is -0.385 e. The number of nitrogens with zero attached hydrogens (tertiary/aromatic N) is 2. The Hall–Kier alpha value is -1.54. The van der Waals surface area contributed by atoms with Gasteiger partial charge in [0.05, 0.1) is 0 Å². The first-order valence-corrected chi connectivity index (χ1v) is 5.91. The summed E-state index contributed by atoms with van der Waals surface area (Å²) < 4.78 is 4.88. The molecular weight excluding hydrogens is 218 g/mol. The molecular formula is C12H19N3O2. The Kier molecular flexibility index (Phi) is 6.12. The van der Waals surface area contributed by atoms with Crippen LogP contribution in [0.1, 0.15) is 19.3 Å². The van der Waals surface area contributed by atoms with E-state index in [1.165, 1.54) is 0 Å². The van der Waals surface area contributed by atoms with Crippen molar-refractivity contribution in [3.63, 3.8) is 0 Å². The zero-order valence-corrected chi connectivity index (χ0v) is 10.2. The predicted octanol–water partition coefficient (Wildman–Crippen LogP) is 0.642. The van der Waals surface area contributed by atoms with Gasteiger partial charge in [0.25, 0.3) is 5.91 Å². The molecule has 0 unspecified atom stereocenters. The topological polar surface area (TPSA) is 65.4 Å². The molecule has 5 nitrogen and oxygen atoms in total. The maximum atomic E-state index is 11.7. The van der Waals surface area contributed by atoms with Gasteiger partial charge < -0.3 is 15.0 Å². The number of hydrogen-bond donors (Lipinski definition) is 1. The molecule has 1 rings (SSSR count). The Morgan fingerprint density at radius 2 is 2.24 bits per heavy atom. The van der Waals surface area contributed by atoms with Gasteiger partial charge in [-0.25, -0.2) is 0 Å². The molecule has 1 aliphatic heterocycles. The first-order valence-electron chi connectivity index (χ1n) is 5.91. The van der Waals surface area contributed by atoms with Crippen LogP contribution in [0.15, 0.2) is 11.8 Å². The average Bonchev–Trinajstić information content (AvgIpc) is 2.84. The van der Waals surface area contributed by atoms with Gasteiger partial charge in [0.15, 0.2) is 0 Å². The van der Waals surface area contributed by atoms with Gasteiger partial charge in [-0.1, -0.05) is 0 Å². The van der Waals surface area contributed by atoms with Crippen molar-refractivity contribution in [1.82, 2.24) is 10.2 Å². The fourth-order valence-corrected chi connectivity index (χ4v) is 1.71. The number of ether oxygens (including phenoxy) is 1. The molecule has 0 atom stereocenters. The fourth-order valence-electron chi connectivity index (χ4n) is 1.71. The van der Waals surface area contributed by atoms with E-state index in [9.17, 15) is 4.79 Å². The van der Waals surface area contributed by atoms with Crippen molar-refractivity contribution in [3.8, 4) is 6.07 Å². The van der Waals surface area contributed by atoms with Gasteiger partial charge in [0, 0.05) is 39.6 Å². The van der Waals surface area contributed by atoms with Crippen LogP contribution < -0.4 is 5.32 Å². The lowest BCUT2D eigenvalue weighted by Crippen LogP contribution is -2.27. The van der Waals surface area contributed by atoms with E-state index < -0.39 is 0 Å². The number of nitriles is 1. The second kappa shape index (κ2) is 7.69. The molecule has 0 radical (unpaired) electrons. The van der Waals surface area contributed by atoms with Crippen LogP contribution in [-0.4, -0.2) is 44.2 Å². The lowest BCUT2D eigenvalue weighted by molar-refractivity contribution is -0.117. The maximum absolute atomic E-state index is 11.7. The molecule has 0 saturated carbocycles. The molecule has 17 heavy (non-hydrogen) atoms. The molecule has 1 amide bonds. The van der Waals surface area contributed by atoms with E-state index in [0.717, 1.165) is 32.4 Å². The van der Waals surface area contributed by atoms with Crippen LogP contribution in [0.4, 0.5) is 0 Å². The molecule has 0 aromatic carbocycles. The first-order chi connectivity index (χ1) is 8.27. The highest BCUT2D eigenvalue weighted by Crippen LogP contribution is 2.09. The van der Waals surface area contributed by atoms with Crippen LogP contribution >= 0.6 is 0 Å². The first kappa shape index (κ1) is 13.5. The SMILES string of the molecule is COCCCNC(=O)/C(C#N)=C\N1CCCC1. The number of carbonyl (C=O) groups is 1. The van der Waals surface area contributed by atoms with E-state index in [0.29, 0.717) is 13.2 Å². The summed E-state index contributed by atoms with van der Waals surface area (Å²) in [6.07, 6.45) is 4.68. The van der Waals surface area contributed by atoms with Crippen LogP contribution in [0.3, 0.4) is 0 Å². The summed E-state index contributed by atoms with van der Waals surface area (Å²) in [5.41, 5.74) is 0.185. The van der Waals surface area contributed by atoms with Crippen LogP contribution in [0.5, 0.6) is 0 Å². The minimum absolute atomic E-state index is 0.185. The van der Waals surface area contributed by atoms with Gasteiger partial charge in [-0.2, -0.15) is 5.26 Å². The third-order valence-electron chi connectivity index (χ3n) is 2.63. The van der Waals surface area contributed by atoms with E-state index in [4.69, 9.17) is 10.00 Å². The second-order valence-electron chi connectivity index (χ2n) is 4.00. The number of nitrogens with one attached hydrogen (secondary N) is 1. The maximum Gasteiger partial charge on any atom is 0.263 e. The van der Waals surface area contributed by atoms with Gasteiger partial charge in [-0.05, 0) is 19.3 Å². The quantitative estimate of drug-likeness (QED) is 0.418. The lowest BCUT2D eigenvalue weighted by atomic mass is 10.3. The third kappa shape index (κ3) is 4.87. The monoisotopic (exact) mass is 237 g/mol. The standard InChI is InChI=1S/C12H19N3O2/c1-17-8-4-5-14-12(16)11(9-13)10-15-6-2-3-7-15/h10H,2-8H2,1H3,(H,14,16)/b11-10-. The Morgan fingerprint density at radius 1 is 1.53 bits per heavy atom. The number of hydrogen-bond acceptors (Lipinski definition) is 4. The van der Waals surface area contributed by atoms with Gasteiger partial charge in [0.2, 0.25) is 0 Å². The number of amides is 1. The van der Waals surface area contributed by atoms with Crippen molar-refractivity contribution in [1.29, 1.82) is 5.26 Å². The molecule has 1 heterocycles. The molecule has 1 aliphatic rings. The fraction of sp³-hybridized carbons (Fsp3) is 0.667. The average molecular weight is 237 g/mol. The normalized spacial score (nSPS) is 15.8. The molecule has 1 fully saturated rings. The van der Waals surface area contributed by atoms with E-state index in [1.807, 2.05) is 11.0 Å². The molecule has 1 N–H and O–H groups in total. The Bertz CT molecular complexity index is 314. The van der Waals surface area contributed by atoms with Crippen LogP contribution in [0.25, 0.3) is 0 Å². The van der Waals surface area contributed by atoms with Crippen molar-refractivity contribution in [2.75, 3.05) is 33.4 Å². The zero-order valence-electron chi connectivity index (χ0n) is 10.2. The molecule has 94 valence electrons. The minimum atomic E-state index is -0.296. The van der Waals surface area contributed by atoms with Gasteiger partial charge in [0.1, 0.15) is 11.6 Å². The molecule has 0 spiro atoms. The van der Waals surface area contributed by atoms with E-state index in [2.05, 4.69) is 5.32 Å². The zero-order chi connectivity index (χ0) is 12.5. The van der Waals surface area contributed by atoms with E-state index >= 15 is 0 Å². The van der Waals surface area contributed by atoms with E-state index in [-0.39, 0.29) is 11.5 Å². The predicted molar refractivity (Wildman–Crippen MR) is 64.0 cm³/mol. The molecule has 0 aromatic heterocycles. The molecule has 5 heteroatoms. The highest BCUT2D eigenvalue weighted by Gasteiger charge is 2.13. The Balaban J connectivity index is 2.38. The summed E-state index contributed by atoms with van der Waals surface area (Å²) in [6, 6.07) is 1.95. The van der Waals surface area contributed by atoms with Gasteiger partial charge >= 0.3 is 0 Å². The Morgan fingerprint density at radius 3 is 2.82 bits per heavy atom. The highest BCUT2D eigenvalue weighted by molar-refractivity contribution is 5.97. The van der Waals surface area contributed by atoms with E-state index in [1.54, 1.807) is 13.3 Å².